The quantitative estimate of drug-likeness (QED) is 0.448. The summed E-state index contributed by atoms with van der Waals surface area (Å²) in [6.45, 7) is 2.48. The minimum absolute atomic E-state index is 0.239. The number of hydrogen-bond donors (Lipinski definition) is 0. The third kappa shape index (κ3) is 4.67. The summed E-state index contributed by atoms with van der Waals surface area (Å²) in [5.41, 5.74) is 1.03. The number of carbonyl (C=O) groups is 2. The molecule has 18 heavy (non-hydrogen) atoms. The van der Waals surface area contributed by atoms with Crippen LogP contribution in [0.2, 0.25) is 0 Å². The van der Waals surface area contributed by atoms with Gasteiger partial charge in [-0.3, -0.25) is 9.59 Å². The van der Waals surface area contributed by atoms with Crippen molar-refractivity contribution in [3.63, 3.8) is 0 Å². The Balaban J connectivity index is 2.76. The van der Waals surface area contributed by atoms with Gasteiger partial charge in [0, 0.05) is 13.1 Å². The molecule has 0 atom stereocenters. The highest BCUT2D eigenvalue weighted by Gasteiger charge is 2.09. The van der Waals surface area contributed by atoms with Gasteiger partial charge in [0.25, 0.3) is 5.91 Å². The van der Waals surface area contributed by atoms with E-state index in [0.717, 1.165) is 5.56 Å². The monoisotopic (exact) mass is 241 g/mol. The fourth-order valence-electron chi connectivity index (χ4n) is 1.45. The lowest BCUT2D eigenvalue weighted by Crippen LogP contribution is -2.29. The summed E-state index contributed by atoms with van der Waals surface area (Å²) in [6.07, 6.45) is 3.71. The van der Waals surface area contributed by atoms with Crippen LogP contribution in [0.3, 0.4) is 0 Å². The standard InChI is InChI=1S/C15H15NO2/c1-2-8-15(18)16(11-6-7-12-17)13-14-9-4-3-5-10-14/h3-7,9-10,12H,11,13H2,1H3/b7-6+. The fraction of sp³-hybridized carbons (Fsp3) is 0.200. The summed E-state index contributed by atoms with van der Waals surface area (Å²) in [7, 11) is 0. The number of rotatable bonds is 5. The van der Waals surface area contributed by atoms with Crippen molar-refractivity contribution in [2.75, 3.05) is 6.54 Å². The average molecular weight is 241 g/mol. The topological polar surface area (TPSA) is 37.4 Å². The highest BCUT2D eigenvalue weighted by atomic mass is 16.2. The number of hydrogen-bond acceptors (Lipinski definition) is 2. The van der Waals surface area contributed by atoms with Crippen molar-refractivity contribution in [3.8, 4) is 11.8 Å². The van der Waals surface area contributed by atoms with E-state index in [9.17, 15) is 9.59 Å². The van der Waals surface area contributed by atoms with Crippen molar-refractivity contribution in [2.24, 2.45) is 0 Å². The van der Waals surface area contributed by atoms with Gasteiger partial charge in [0.15, 0.2) is 0 Å². The summed E-state index contributed by atoms with van der Waals surface area (Å²) in [5, 5.41) is 0. The van der Waals surface area contributed by atoms with Gasteiger partial charge in [0.05, 0.1) is 0 Å². The zero-order valence-electron chi connectivity index (χ0n) is 10.3. The maximum Gasteiger partial charge on any atom is 0.299 e. The van der Waals surface area contributed by atoms with E-state index < -0.39 is 0 Å². The lowest BCUT2D eigenvalue weighted by Gasteiger charge is -2.18. The Bertz CT molecular complexity index is 480. The minimum atomic E-state index is -0.239. The van der Waals surface area contributed by atoms with Gasteiger partial charge in [0.1, 0.15) is 6.29 Å². The highest BCUT2D eigenvalue weighted by molar-refractivity contribution is 5.93. The Morgan fingerprint density at radius 3 is 2.67 bits per heavy atom. The second-order valence-electron chi connectivity index (χ2n) is 3.61. The first-order chi connectivity index (χ1) is 8.77. The number of benzene rings is 1. The Morgan fingerprint density at radius 2 is 2.06 bits per heavy atom. The smallest absolute Gasteiger partial charge is 0.299 e. The molecule has 3 nitrogen and oxygen atoms in total. The zero-order chi connectivity index (χ0) is 13.2. The molecule has 0 N–H and O–H groups in total. The Kier molecular flexibility index (Phi) is 5.99. The van der Waals surface area contributed by atoms with Crippen LogP contribution in [-0.4, -0.2) is 23.6 Å². The maximum atomic E-state index is 11.8. The van der Waals surface area contributed by atoms with E-state index in [1.807, 2.05) is 30.3 Å². The van der Waals surface area contributed by atoms with E-state index in [-0.39, 0.29) is 5.91 Å². The molecule has 1 rings (SSSR count). The zero-order valence-corrected chi connectivity index (χ0v) is 10.3. The summed E-state index contributed by atoms with van der Waals surface area (Å²) in [6, 6.07) is 9.66. The second-order valence-corrected chi connectivity index (χ2v) is 3.61. The van der Waals surface area contributed by atoms with Gasteiger partial charge in [-0.1, -0.05) is 42.3 Å². The van der Waals surface area contributed by atoms with E-state index in [0.29, 0.717) is 19.4 Å². The number of allylic oxidation sites excluding steroid dienone is 1. The third-order valence-corrected chi connectivity index (χ3v) is 2.28. The van der Waals surface area contributed by atoms with Crippen molar-refractivity contribution in [1.29, 1.82) is 0 Å². The molecule has 0 unspecified atom stereocenters. The fourth-order valence-corrected chi connectivity index (χ4v) is 1.45. The van der Waals surface area contributed by atoms with Gasteiger partial charge in [-0.2, -0.15) is 0 Å². The molecular weight excluding hydrogens is 226 g/mol. The number of carbonyl (C=O) groups excluding carboxylic acids is 2. The molecule has 0 spiro atoms. The van der Waals surface area contributed by atoms with Gasteiger partial charge < -0.3 is 4.90 Å². The normalized spacial score (nSPS) is 9.61. The molecule has 0 fully saturated rings. The molecule has 1 amide bonds. The summed E-state index contributed by atoms with van der Waals surface area (Å²) >= 11 is 0. The third-order valence-electron chi connectivity index (χ3n) is 2.28. The van der Waals surface area contributed by atoms with E-state index in [2.05, 4.69) is 11.8 Å². The molecule has 0 aliphatic rings. The molecule has 0 saturated heterocycles. The van der Waals surface area contributed by atoms with Crippen molar-refractivity contribution in [3.05, 3.63) is 48.0 Å². The molecule has 92 valence electrons. The van der Waals surface area contributed by atoms with Crippen LogP contribution in [0.4, 0.5) is 0 Å². The first kappa shape index (κ1) is 13.7. The molecule has 1 aromatic carbocycles. The van der Waals surface area contributed by atoms with Crippen LogP contribution in [-0.2, 0) is 16.1 Å². The van der Waals surface area contributed by atoms with Crippen molar-refractivity contribution < 1.29 is 9.59 Å². The minimum Gasteiger partial charge on any atom is -0.324 e. The molecule has 0 radical (unpaired) electrons. The first-order valence-corrected chi connectivity index (χ1v) is 5.64. The van der Waals surface area contributed by atoms with Crippen molar-refractivity contribution >= 4 is 12.2 Å². The maximum absolute atomic E-state index is 11.8. The molecule has 1 aromatic rings. The summed E-state index contributed by atoms with van der Waals surface area (Å²) in [5.74, 6) is 4.86. The number of aldehydes is 1. The predicted octanol–water partition coefficient (Wildman–Crippen LogP) is 1.79. The van der Waals surface area contributed by atoms with E-state index in [1.54, 1.807) is 17.9 Å². The molecule has 3 heteroatoms. The molecule has 0 aliphatic carbocycles. The Hall–Kier alpha value is -2.34. The molecule has 0 aromatic heterocycles. The predicted molar refractivity (Wildman–Crippen MR) is 70.5 cm³/mol. The van der Waals surface area contributed by atoms with Crippen LogP contribution in [0.15, 0.2) is 42.5 Å². The highest BCUT2D eigenvalue weighted by Crippen LogP contribution is 2.04. The van der Waals surface area contributed by atoms with Crippen LogP contribution >= 0.6 is 0 Å². The van der Waals surface area contributed by atoms with Crippen LogP contribution in [0, 0.1) is 11.8 Å². The SMILES string of the molecule is CC#CC(=O)N(C/C=C/C=O)Cc1ccccc1. The number of nitrogens with zero attached hydrogens (tertiary/aromatic N) is 1. The Morgan fingerprint density at radius 1 is 1.33 bits per heavy atom. The lowest BCUT2D eigenvalue weighted by atomic mass is 10.2. The lowest BCUT2D eigenvalue weighted by molar-refractivity contribution is -0.125. The second kappa shape index (κ2) is 7.86. The first-order valence-electron chi connectivity index (χ1n) is 5.64. The van der Waals surface area contributed by atoms with Crippen molar-refractivity contribution in [1.82, 2.24) is 4.90 Å². The van der Waals surface area contributed by atoms with Crippen LogP contribution < -0.4 is 0 Å². The van der Waals surface area contributed by atoms with Gasteiger partial charge >= 0.3 is 0 Å². The van der Waals surface area contributed by atoms with Gasteiger partial charge in [0.2, 0.25) is 0 Å². The van der Waals surface area contributed by atoms with Crippen LogP contribution in [0.1, 0.15) is 12.5 Å². The molecular formula is C15H15NO2. The van der Waals surface area contributed by atoms with E-state index >= 15 is 0 Å². The molecule has 0 saturated carbocycles. The van der Waals surface area contributed by atoms with Gasteiger partial charge in [-0.05, 0) is 24.5 Å². The molecule has 0 aliphatic heterocycles. The number of amides is 1. The van der Waals surface area contributed by atoms with E-state index in [1.165, 1.54) is 6.08 Å². The average Bonchev–Trinajstić information content (AvgIpc) is 2.39. The van der Waals surface area contributed by atoms with E-state index in [4.69, 9.17) is 0 Å². The Labute approximate surface area is 107 Å². The van der Waals surface area contributed by atoms with Gasteiger partial charge in [-0.15, -0.1) is 0 Å². The molecule has 0 heterocycles. The molecule has 0 bridgehead atoms. The van der Waals surface area contributed by atoms with Gasteiger partial charge in [-0.25, -0.2) is 0 Å². The summed E-state index contributed by atoms with van der Waals surface area (Å²) < 4.78 is 0. The van der Waals surface area contributed by atoms with Crippen molar-refractivity contribution in [2.45, 2.75) is 13.5 Å². The summed E-state index contributed by atoms with van der Waals surface area (Å²) in [4.78, 5) is 23.6. The van der Waals surface area contributed by atoms with Crippen LogP contribution in [0.25, 0.3) is 0 Å². The van der Waals surface area contributed by atoms with Crippen LogP contribution in [0.5, 0.6) is 0 Å². The largest absolute Gasteiger partial charge is 0.324 e.